The number of nitrogen functional groups attached to an aromatic ring is 1. The summed E-state index contributed by atoms with van der Waals surface area (Å²) in [6.07, 6.45) is 0. The van der Waals surface area contributed by atoms with Crippen LogP contribution in [0.25, 0.3) is 11.3 Å². The maximum absolute atomic E-state index is 9.65. The summed E-state index contributed by atoms with van der Waals surface area (Å²) in [5, 5.41) is 12.0. The first kappa shape index (κ1) is 9.48. The van der Waals surface area contributed by atoms with Gasteiger partial charge in [-0.2, -0.15) is 0 Å². The van der Waals surface area contributed by atoms with Gasteiger partial charge in [0.1, 0.15) is 5.75 Å². The minimum absolute atomic E-state index is 0.199. The Morgan fingerprint density at radius 3 is 2.79 bits per heavy atom. The van der Waals surface area contributed by atoms with Gasteiger partial charge in [-0.3, -0.25) is 0 Å². The van der Waals surface area contributed by atoms with Gasteiger partial charge in [-0.15, -0.1) is 11.3 Å². The second-order valence-corrected chi connectivity index (χ2v) is 4.45. The largest absolute Gasteiger partial charge is 0.507 e. The lowest BCUT2D eigenvalue weighted by molar-refractivity contribution is 0.477. The number of anilines is 1. The monoisotopic (exact) mass is 270 g/mol. The molecule has 0 aliphatic rings. The number of rotatable bonds is 1. The molecule has 0 aliphatic heterocycles. The molecular weight excluding hydrogens is 264 g/mol. The molecule has 1 aromatic heterocycles. The maximum atomic E-state index is 9.65. The van der Waals surface area contributed by atoms with Crippen molar-refractivity contribution in [3.63, 3.8) is 0 Å². The van der Waals surface area contributed by atoms with E-state index < -0.39 is 0 Å². The van der Waals surface area contributed by atoms with Gasteiger partial charge in [-0.1, -0.05) is 6.07 Å². The van der Waals surface area contributed by atoms with E-state index in [9.17, 15) is 5.11 Å². The van der Waals surface area contributed by atoms with Gasteiger partial charge in [0.05, 0.1) is 11.3 Å². The van der Waals surface area contributed by atoms with Crippen LogP contribution in [-0.4, -0.2) is 10.1 Å². The van der Waals surface area contributed by atoms with E-state index in [0.29, 0.717) is 16.4 Å². The molecule has 0 saturated heterocycles. The average molecular weight is 271 g/mol. The molecule has 1 heterocycles. The molecule has 0 aliphatic carbocycles. The summed E-state index contributed by atoms with van der Waals surface area (Å²) < 4.78 is 0.808. The van der Waals surface area contributed by atoms with Crippen LogP contribution >= 0.6 is 27.3 Å². The first-order valence-electron chi connectivity index (χ1n) is 3.87. The van der Waals surface area contributed by atoms with Crippen molar-refractivity contribution in [2.45, 2.75) is 0 Å². The van der Waals surface area contributed by atoms with Crippen LogP contribution in [-0.2, 0) is 0 Å². The summed E-state index contributed by atoms with van der Waals surface area (Å²) in [6, 6.07) is 5.23. The second kappa shape index (κ2) is 3.59. The van der Waals surface area contributed by atoms with Gasteiger partial charge in [0.2, 0.25) is 0 Å². The number of phenols is 1. The molecule has 1 aromatic carbocycles. The van der Waals surface area contributed by atoms with Crippen molar-refractivity contribution in [2.75, 3.05) is 5.73 Å². The Labute approximate surface area is 93.4 Å². The van der Waals surface area contributed by atoms with E-state index in [-0.39, 0.29) is 5.75 Å². The molecule has 0 amide bonds. The zero-order valence-electron chi connectivity index (χ0n) is 7.07. The van der Waals surface area contributed by atoms with Crippen LogP contribution in [0.1, 0.15) is 0 Å². The number of nitrogens with two attached hydrogens (primary N) is 1. The topological polar surface area (TPSA) is 59.1 Å². The molecule has 3 nitrogen and oxygen atoms in total. The fourth-order valence-corrected chi connectivity index (χ4v) is 2.28. The summed E-state index contributed by atoms with van der Waals surface area (Å²) in [5.74, 6) is 0.199. The number of halogens is 1. The fraction of sp³-hybridized carbons (Fsp3) is 0. The molecule has 0 bridgehead atoms. The number of benzene rings is 1. The van der Waals surface area contributed by atoms with Gasteiger partial charge in [0.15, 0.2) is 5.13 Å². The van der Waals surface area contributed by atoms with Gasteiger partial charge in [-0.05, 0) is 28.1 Å². The van der Waals surface area contributed by atoms with Crippen LogP contribution in [0.15, 0.2) is 28.1 Å². The van der Waals surface area contributed by atoms with E-state index in [0.717, 1.165) is 4.47 Å². The molecule has 0 fully saturated rings. The minimum atomic E-state index is 0.199. The highest BCUT2D eigenvalue weighted by atomic mass is 79.9. The van der Waals surface area contributed by atoms with E-state index in [1.54, 1.807) is 12.1 Å². The SMILES string of the molecule is Nc1nc(-c2c(O)cccc2Br)cs1. The Hall–Kier alpha value is -1.07. The third-order valence-electron chi connectivity index (χ3n) is 1.77. The van der Waals surface area contributed by atoms with Crippen molar-refractivity contribution in [3.8, 4) is 17.0 Å². The standard InChI is InChI=1S/C9H7BrN2OS/c10-5-2-1-3-7(13)8(5)6-4-14-9(11)12-6/h1-4,13H,(H2,11,12). The molecule has 0 unspecified atom stereocenters. The quantitative estimate of drug-likeness (QED) is 0.838. The summed E-state index contributed by atoms with van der Waals surface area (Å²) in [4.78, 5) is 4.11. The average Bonchev–Trinajstić information content (AvgIpc) is 2.51. The number of thiazole rings is 1. The first-order chi connectivity index (χ1) is 6.68. The maximum Gasteiger partial charge on any atom is 0.180 e. The van der Waals surface area contributed by atoms with Gasteiger partial charge in [-0.25, -0.2) is 4.98 Å². The number of aromatic hydroxyl groups is 1. The lowest BCUT2D eigenvalue weighted by Crippen LogP contribution is -1.84. The van der Waals surface area contributed by atoms with Crippen LogP contribution in [0.2, 0.25) is 0 Å². The Kier molecular flexibility index (Phi) is 2.43. The third kappa shape index (κ3) is 1.60. The predicted octanol–water partition coefficient (Wildman–Crippen LogP) is 2.86. The predicted molar refractivity (Wildman–Crippen MR) is 61.3 cm³/mol. The Morgan fingerprint density at radius 2 is 2.21 bits per heavy atom. The summed E-state index contributed by atoms with van der Waals surface area (Å²) >= 11 is 4.71. The second-order valence-electron chi connectivity index (χ2n) is 2.70. The molecule has 3 N–H and O–H groups in total. The molecule has 72 valence electrons. The van der Waals surface area contributed by atoms with Crippen LogP contribution in [0.4, 0.5) is 5.13 Å². The molecule has 14 heavy (non-hydrogen) atoms. The normalized spacial score (nSPS) is 10.4. The molecular formula is C9H7BrN2OS. The summed E-state index contributed by atoms with van der Waals surface area (Å²) in [5.41, 5.74) is 6.90. The first-order valence-corrected chi connectivity index (χ1v) is 5.54. The third-order valence-corrected chi connectivity index (χ3v) is 3.10. The van der Waals surface area contributed by atoms with Crippen LogP contribution in [0.5, 0.6) is 5.75 Å². The van der Waals surface area contributed by atoms with Crippen molar-refractivity contribution < 1.29 is 5.11 Å². The number of nitrogens with zero attached hydrogens (tertiary/aromatic N) is 1. The van der Waals surface area contributed by atoms with Gasteiger partial charge in [0.25, 0.3) is 0 Å². The van der Waals surface area contributed by atoms with Crippen LogP contribution in [0, 0.1) is 0 Å². The molecule has 0 atom stereocenters. The van der Waals surface area contributed by atoms with Gasteiger partial charge >= 0.3 is 0 Å². The highest BCUT2D eigenvalue weighted by molar-refractivity contribution is 9.10. The van der Waals surface area contributed by atoms with Crippen molar-refractivity contribution in [3.05, 3.63) is 28.1 Å². The smallest absolute Gasteiger partial charge is 0.180 e. The van der Waals surface area contributed by atoms with Gasteiger partial charge in [0, 0.05) is 9.85 Å². The molecule has 0 radical (unpaired) electrons. The Balaban J connectivity index is 2.61. The highest BCUT2D eigenvalue weighted by Gasteiger charge is 2.10. The minimum Gasteiger partial charge on any atom is -0.507 e. The molecule has 0 saturated carbocycles. The molecule has 2 rings (SSSR count). The highest BCUT2D eigenvalue weighted by Crippen LogP contribution is 2.36. The van der Waals surface area contributed by atoms with Crippen LogP contribution < -0.4 is 5.73 Å². The fourth-order valence-electron chi connectivity index (χ4n) is 1.17. The molecule has 0 spiro atoms. The van der Waals surface area contributed by atoms with Crippen molar-refractivity contribution in [1.29, 1.82) is 0 Å². The molecule has 2 aromatic rings. The van der Waals surface area contributed by atoms with E-state index >= 15 is 0 Å². The zero-order chi connectivity index (χ0) is 10.1. The Bertz CT molecular complexity index is 449. The number of phenolic OH excluding ortho intramolecular Hbond substituents is 1. The zero-order valence-corrected chi connectivity index (χ0v) is 9.47. The van der Waals surface area contributed by atoms with E-state index in [4.69, 9.17) is 5.73 Å². The van der Waals surface area contributed by atoms with Crippen LogP contribution in [0.3, 0.4) is 0 Å². The van der Waals surface area contributed by atoms with Crippen molar-refractivity contribution >= 4 is 32.4 Å². The lowest BCUT2D eigenvalue weighted by Gasteiger charge is -2.02. The van der Waals surface area contributed by atoms with E-state index in [1.165, 1.54) is 11.3 Å². The number of hydrogen-bond acceptors (Lipinski definition) is 4. The van der Waals surface area contributed by atoms with E-state index in [2.05, 4.69) is 20.9 Å². The number of aromatic nitrogens is 1. The molecule has 5 heteroatoms. The lowest BCUT2D eigenvalue weighted by atomic mass is 10.1. The summed E-state index contributed by atoms with van der Waals surface area (Å²) in [6.45, 7) is 0. The Morgan fingerprint density at radius 1 is 1.43 bits per heavy atom. The van der Waals surface area contributed by atoms with E-state index in [1.807, 2.05) is 11.4 Å². The number of hydrogen-bond donors (Lipinski definition) is 2. The van der Waals surface area contributed by atoms with Crippen molar-refractivity contribution in [2.24, 2.45) is 0 Å². The van der Waals surface area contributed by atoms with Crippen molar-refractivity contribution in [1.82, 2.24) is 4.98 Å². The summed E-state index contributed by atoms with van der Waals surface area (Å²) in [7, 11) is 0. The van der Waals surface area contributed by atoms with Gasteiger partial charge < -0.3 is 10.8 Å².